The fraction of sp³-hybridized carbons (Fsp3) is 0.958. The number of aliphatic hydroxyl groups is 3. The molecule has 166 valence electrons. The summed E-state index contributed by atoms with van der Waals surface area (Å²) in [5, 5.41) is 41.6. The van der Waals surface area contributed by atoms with E-state index in [1.54, 1.807) is 0 Å². The lowest BCUT2D eigenvalue weighted by Crippen LogP contribution is -2.62. The number of aliphatic hydroxyl groups excluding tert-OH is 3. The lowest BCUT2D eigenvalue weighted by atomic mass is 9.43. The van der Waals surface area contributed by atoms with Crippen molar-refractivity contribution in [1.29, 1.82) is 0 Å². The van der Waals surface area contributed by atoms with Crippen LogP contribution in [0.3, 0.4) is 0 Å². The van der Waals surface area contributed by atoms with Crippen LogP contribution in [-0.4, -0.2) is 44.7 Å². The second-order valence-electron chi connectivity index (χ2n) is 11.4. The van der Waals surface area contributed by atoms with Crippen molar-refractivity contribution in [3.05, 3.63) is 0 Å². The minimum Gasteiger partial charge on any atom is -0.481 e. The molecule has 0 aromatic rings. The molecule has 0 amide bonds. The van der Waals surface area contributed by atoms with E-state index >= 15 is 0 Å². The Kier molecular flexibility index (Phi) is 5.57. The fourth-order valence-electron chi connectivity index (χ4n) is 8.80. The summed E-state index contributed by atoms with van der Waals surface area (Å²) in [6.07, 6.45) is 5.88. The molecular weight excluding hydrogens is 368 g/mol. The molecule has 4 aliphatic carbocycles. The van der Waals surface area contributed by atoms with Crippen molar-refractivity contribution in [1.82, 2.24) is 0 Å². The Labute approximate surface area is 174 Å². The zero-order chi connectivity index (χ0) is 21.1. The monoisotopic (exact) mass is 408 g/mol. The number of hydrogen-bond acceptors (Lipinski definition) is 4. The summed E-state index contributed by atoms with van der Waals surface area (Å²) in [4.78, 5) is 11.1. The molecule has 29 heavy (non-hydrogen) atoms. The molecule has 0 aliphatic heterocycles. The van der Waals surface area contributed by atoms with Gasteiger partial charge in [-0.1, -0.05) is 20.8 Å². The standard InChI is InChI=1S/C24H40O5/c1-13(4-7-21(28)29)16-5-6-17-22-18(8-9-23(16,17)2)24(3)14(11-19(22)26)10-15(25)12-20(24)27/h13-20,22,25-27H,4-12H2,1-3H3,(H,28,29)/t13-,14+,15+,16+,17+,18+,19-,20+,22+,23-,24+/m1/s1. The maximum atomic E-state index is 11.3. The van der Waals surface area contributed by atoms with Gasteiger partial charge in [0.1, 0.15) is 0 Å². The van der Waals surface area contributed by atoms with Crippen molar-refractivity contribution in [2.75, 3.05) is 0 Å². The van der Waals surface area contributed by atoms with Crippen LogP contribution in [-0.2, 0) is 4.79 Å². The summed E-state index contributed by atoms with van der Waals surface area (Å²) in [7, 11) is 0. The van der Waals surface area contributed by atoms with Gasteiger partial charge in [0.05, 0.1) is 18.3 Å². The van der Waals surface area contributed by atoms with Crippen LogP contribution >= 0.6 is 0 Å². The van der Waals surface area contributed by atoms with E-state index in [1.807, 2.05) is 0 Å². The number of carboxylic acids is 1. The average Bonchev–Trinajstić information content (AvgIpc) is 2.99. The number of carbonyl (C=O) groups is 1. The van der Waals surface area contributed by atoms with Crippen molar-refractivity contribution in [3.63, 3.8) is 0 Å². The van der Waals surface area contributed by atoms with Gasteiger partial charge in [-0.2, -0.15) is 0 Å². The first-order valence-electron chi connectivity index (χ1n) is 11.8. The lowest BCUT2D eigenvalue weighted by molar-refractivity contribution is -0.212. The summed E-state index contributed by atoms with van der Waals surface area (Å²) in [5.74, 6) is 1.36. The molecule has 0 heterocycles. The van der Waals surface area contributed by atoms with Gasteiger partial charge >= 0.3 is 5.97 Å². The molecule has 5 nitrogen and oxygen atoms in total. The zero-order valence-electron chi connectivity index (χ0n) is 18.3. The number of carboxylic acid groups (broad SMARTS) is 1. The summed E-state index contributed by atoms with van der Waals surface area (Å²) in [6.45, 7) is 6.83. The van der Waals surface area contributed by atoms with E-state index in [-0.39, 0.29) is 35.2 Å². The van der Waals surface area contributed by atoms with Gasteiger partial charge in [0.25, 0.3) is 0 Å². The van der Waals surface area contributed by atoms with Gasteiger partial charge in [-0.3, -0.25) is 4.79 Å². The van der Waals surface area contributed by atoms with Gasteiger partial charge in [-0.15, -0.1) is 0 Å². The Balaban J connectivity index is 1.58. The summed E-state index contributed by atoms with van der Waals surface area (Å²) in [5.41, 5.74) is -0.0557. The van der Waals surface area contributed by atoms with Crippen LogP contribution < -0.4 is 0 Å². The first kappa shape index (κ1) is 21.6. The van der Waals surface area contributed by atoms with E-state index in [9.17, 15) is 20.1 Å². The highest BCUT2D eigenvalue weighted by Gasteiger charge is 2.64. The highest BCUT2D eigenvalue weighted by Crippen LogP contribution is 2.68. The molecule has 4 N–H and O–H groups in total. The second-order valence-corrected chi connectivity index (χ2v) is 11.4. The van der Waals surface area contributed by atoms with Gasteiger partial charge in [-0.05, 0) is 97.7 Å². The first-order valence-corrected chi connectivity index (χ1v) is 11.8. The van der Waals surface area contributed by atoms with Gasteiger partial charge in [0.15, 0.2) is 0 Å². The topological polar surface area (TPSA) is 98.0 Å². The van der Waals surface area contributed by atoms with Crippen LogP contribution in [0.5, 0.6) is 0 Å². The molecule has 4 rings (SSSR count). The van der Waals surface area contributed by atoms with Gasteiger partial charge in [0, 0.05) is 6.42 Å². The third-order valence-electron chi connectivity index (χ3n) is 10.3. The van der Waals surface area contributed by atoms with Gasteiger partial charge in [-0.25, -0.2) is 0 Å². The Hall–Kier alpha value is -0.650. The van der Waals surface area contributed by atoms with Crippen LogP contribution in [0, 0.1) is 46.3 Å². The van der Waals surface area contributed by atoms with Crippen molar-refractivity contribution >= 4 is 5.97 Å². The largest absolute Gasteiger partial charge is 0.481 e. The minimum atomic E-state index is -0.713. The highest BCUT2D eigenvalue weighted by atomic mass is 16.4. The highest BCUT2D eigenvalue weighted by molar-refractivity contribution is 5.66. The molecule has 0 spiro atoms. The van der Waals surface area contributed by atoms with E-state index in [2.05, 4.69) is 20.8 Å². The molecular formula is C24H40O5. The normalized spacial score (nSPS) is 52.9. The van der Waals surface area contributed by atoms with Crippen LogP contribution in [0.1, 0.15) is 78.6 Å². The van der Waals surface area contributed by atoms with E-state index in [1.165, 1.54) is 0 Å². The number of hydrogen-bond donors (Lipinski definition) is 4. The molecule has 0 bridgehead atoms. The molecule has 0 unspecified atom stereocenters. The maximum Gasteiger partial charge on any atom is 0.303 e. The molecule has 4 fully saturated rings. The number of fused-ring (bicyclic) bond motifs is 5. The van der Waals surface area contributed by atoms with Gasteiger partial charge < -0.3 is 20.4 Å². The smallest absolute Gasteiger partial charge is 0.303 e. The van der Waals surface area contributed by atoms with E-state index in [0.717, 1.165) is 32.1 Å². The molecule has 0 saturated heterocycles. The predicted octanol–water partition coefficient (Wildman–Crippen LogP) is 3.45. The Bertz CT molecular complexity index is 637. The number of aliphatic carboxylic acids is 1. The number of rotatable bonds is 4. The molecule has 0 radical (unpaired) electrons. The second kappa shape index (κ2) is 7.49. The fourth-order valence-corrected chi connectivity index (χ4v) is 8.80. The Morgan fingerprint density at radius 2 is 1.76 bits per heavy atom. The van der Waals surface area contributed by atoms with Gasteiger partial charge in [0.2, 0.25) is 0 Å². The summed E-state index contributed by atoms with van der Waals surface area (Å²) < 4.78 is 0. The molecule has 4 aliphatic rings. The lowest BCUT2D eigenvalue weighted by Gasteiger charge is -2.63. The van der Waals surface area contributed by atoms with Crippen molar-refractivity contribution < 1.29 is 25.2 Å². The minimum absolute atomic E-state index is 0.155. The third kappa shape index (κ3) is 3.27. The molecule has 5 heteroatoms. The average molecular weight is 409 g/mol. The molecule has 4 saturated carbocycles. The molecule has 0 aromatic carbocycles. The quantitative estimate of drug-likeness (QED) is 0.571. The van der Waals surface area contributed by atoms with Crippen LogP contribution in [0.15, 0.2) is 0 Å². The summed E-state index contributed by atoms with van der Waals surface area (Å²) in [6, 6.07) is 0. The van der Waals surface area contributed by atoms with Crippen LogP contribution in [0.2, 0.25) is 0 Å². The molecule has 11 atom stereocenters. The van der Waals surface area contributed by atoms with Crippen molar-refractivity contribution in [2.45, 2.75) is 96.9 Å². The predicted molar refractivity (Wildman–Crippen MR) is 110 cm³/mol. The SMILES string of the molecule is C[C@H](CCC(=O)O)[C@@H]1CC[C@H]2[C@@H]3[C@H](O)C[C@@H]4C[C@H](O)C[C@H](O)[C@]4(C)[C@H]3CC[C@@]21C. The van der Waals surface area contributed by atoms with E-state index in [4.69, 9.17) is 5.11 Å². The van der Waals surface area contributed by atoms with E-state index < -0.39 is 18.2 Å². The van der Waals surface area contributed by atoms with E-state index in [0.29, 0.717) is 42.9 Å². The Morgan fingerprint density at radius 1 is 1.03 bits per heavy atom. The van der Waals surface area contributed by atoms with Crippen LogP contribution in [0.4, 0.5) is 0 Å². The molecule has 0 aromatic heterocycles. The first-order chi connectivity index (χ1) is 13.6. The summed E-state index contributed by atoms with van der Waals surface area (Å²) >= 11 is 0. The van der Waals surface area contributed by atoms with Crippen LogP contribution in [0.25, 0.3) is 0 Å². The van der Waals surface area contributed by atoms with Crippen molar-refractivity contribution in [2.24, 2.45) is 46.3 Å². The third-order valence-corrected chi connectivity index (χ3v) is 10.3. The zero-order valence-corrected chi connectivity index (χ0v) is 18.3. The van der Waals surface area contributed by atoms with Crippen molar-refractivity contribution in [3.8, 4) is 0 Å². The maximum absolute atomic E-state index is 11.3. The Morgan fingerprint density at radius 3 is 2.45 bits per heavy atom.